The SMILES string of the molecule is Cc1ccccc1C1ON=C(c2ccco2)N1Cc1cnccc1-c1ccccc1F. The predicted octanol–water partition coefficient (Wildman–Crippen LogP) is 5.68. The fourth-order valence-corrected chi connectivity index (χ4v) is 3.84. The molecule has 2 aromatic heterocycles. The van der Waals surface area contributed by atoms with Crippen LogP contribution in [-0.2, 0) is 11.4 Å². The van der Waals surface area contributed by atoms with Crippen molar-refractivity contribution < 1.29 is 13.6 Å². The van der Waals surface area contributed by atoms with Gasteiger partial charge in [-0.3, -0.25) is 4.98 Å². The molecule has 5 nitrogen and oxygen atoms in total. The lowest BCUT2D eigenvalue weighted by Crippen LogP contribution is -2.31. The first-order chi connectivity index (χ1) is 15.2. The minimum Gasteiger partial charge on any atom is -0.461 e. The normalized spacial score (nSPS) is 15.6. The molecule has 154 valence electrons. The van der Waals surface area contributed by atoms with Crippen molar-refractivity contribution in [3.63, 3.8) is 0 Å². The van der Waals surface area contributed by atoms with Crippen molar-refractivity contribution in [3.05, 3.63) is 114 Å². The van der Waals surface area contributed by atoms with Crippen molar-refractivity contribution in [3.8, 4) is 11.1 Å². The molecule has 6 heteroatoms. The third kappa shape index (κ3) is 3.57. The van der Waals surface area contributed by atoms with Crippen LogP contribution in [0.3, 0.4) is 0 Å². The Morgan fingerprint density at radius 3 is 2.61 bits per heavy atom. The van der Waals surface area contributed by atoms with Crippen LogP contribution < -0.4 is 0 Å². The molecule has 0 aliphatic carbocycles. The Morgan fingerprint density at radius 2 is 1.81 bits per heavy atom. The summed E-state index contributed by atoms with van der Waals surface area (Å²) in [7, 11) is 0. The number of oxime groups is 1. The van der Waals surface area contributed by atoms with Crippen LogP contribution >= 0.6 is 0 Å². The number of halogens is 1. The minimum absolute atomic E-state index is 0.275. The molecule has 2 aromatic carbocycles. The molecule has 0 saturated carbocycles. The molecule has 1 unspecified atom stereocenters. The zero-order valence-electron chi connectivity index (χ0n) is 16.9. The van der Waals surface area contributed by atoms with Crippen LogP contribution in [-0.4, -0.2) is 15.7 Å². The number of furan rings is 1. The van der Waals surface area contributed by atoms with Crippen molar-refractivity contribution in [1.29, 1.82) is 0 Å². The summed E-state index contributed by atoms with van der Waals surface area (Å²) >= 11 is 0. The number of aromatic nitrogens is 1. The second kappa shape index (κ2) is 8.07. The number of amidine groups is 1. The van der Waals surface area contributed by atoms with Crippen molar-refractivity contribution in [2.45, 2.75) is 19.7 Å². The zero-order valence-corrected chi connectivity index (χ0v) is 16.9. The van der Waals surface area contributed by atoms with Crippen LogP contribution in [0, 0.1) is 12.7 Å². The third-order valence-electron chi connectivity index (χ3n) is 5.40. The molecule has 0 amide bonds. The fraction of sp³-hybridized carbons (Fsp3) is 0.120. The molecule has 0 spiro atoms. The molecular weight excluding hydrogens is 393 g/mol. The molecule has 1 atom stereocenters. The molecule has 0 N–H and O–H groups in total. The Labute approximate surface area is 179 Å². The number of nitrogens with zero attached hydrogens (tertiary/aromatic N) is 3. The number of rotatable bonds is 5. The smallest absolute Gasteiger partial charge is 0.227 e. The van der Waals surface area contributed by atoms with E-state index in [0.29, 0.717) is 23.7 Å². The number of benzene rings is 2. The molecule has 0 radical (unpaired) electrons. The minimum atomic E-state index is -0.435. The van der Waals surface area contributed by atoms with Gasteiger partial charge in [0.15, 0.2) is 5.76 Å². The lowest BCUT2D eigenvalue weighted by atomic mass is 10.00. The van der Waals surface area contributed by atoms with E-state index in [1.165, 1.54) is 6.07 Å². The third-order valence-corrected chi connectivity index (χ3v) is 5.40. The van der Waals surface area contributed by atoms with E-state index >= 15 is 0 Å². The number of aryl methyl sites for hydroxylation is 1. The summed E-state index contributed by atoms with van der Waals surface area (Å²) in [5.41, 5.74) is 4.26. The summed E-state index contributed by atoms with van der Waals surface area (Å²) in [5, 5.41) is 4.33. The number of hydrogen-bond acceptors (Lipinski definition) is 5. The highest BCUT2D eigenvalue weighted by atomic mass is 19.1. The molecule has 0 saturated heterocycles. The standard InChI is InChI=1S/C25H20FN3O2/c1-17-7-2-3-8-19(17)25-29(24(28-31-25)23-11-6-14-30-23)16-18-15-27-13-12-20(18)21-9-4-5-10-22(21)26/h2-15,25H,16H2,1H3. The number of pyridine rings is 1. The van der Waals surface area contributed by atoms with Crippen LogP contribution in [0.25, 0.3) is 11.1 Å². The molecular formula is C25H20FN3O2. The van der Waals surface area contributed by atoms with Gasteiger partial charge < -0.3 is 14.2 Å². The van der Waals surface area contributed by atoms with Gasteiger partial charge in [0, 0.05) is 23.5 Å². The maximum absolute atomic E-state index is 14.6. The molecule has 1 aliphatic heterocycles. The lowest BCUT2D eigenvalue weighted by Gasteiger charge is -2.26. The van der Waals surface area contributed by atoms with Gasteiger partial charge in [-0.05, 0) is 47.9 Å². The summed E-state index contributed by atoms with van der Waals surface area (Å²) in [4.78, 5) is 12.2. The predicted molar refractivity (Wildman–Crippen MR) is 115 cm³/mol. The molecule has 0 bridgehead atoms. The number of hydrogen-bond donors (Lipinski definition) is 0. The largest absolute Gasteiger partial charge is 0.461 e. The second-order valence-electron chi connectivity index (χ2n) is 7.35. The van der Waals surface area contributed by atoms with E-state index in [0.717, 1.165) is 22.3 Å². The molecule has 0 fully saturated rings. The highest BCUT2D eigenvalue weighted by molar-refractivity contribution is 5.97. The van der Waals surface area contributed by atoms with Crippen LogP contribution in [0.15, 0.2) is 95.0 Å². The van der Waals surface area contributed by atoms with Gasteiger partial charge in [0.25, 0.3) is 0 Å². The first kappa shape index (κ1) is 19.1. The van der Waals surface area contributed by atoms with Crippen molar-refractivity contribution >= 4 is 5.84 Å². The second-order valence-corrected chi connectivity index (χ2v) is 7.35. The average Bonchev–Trinajstić information content (AvgIpc) is 3.45. The van der Waals surface area contributed by atoms with Crippen LogP contribution in [0.5, 0.6) is 0 Å². The Morgan fingerprint density at radius 1 is 0.968 bits per heavy atom. The highest BCUT2D eigenvalue weighted by Crippen LogP contribution is 2.35. The first-order valence-electron chi connectivity index (χ1n) is 10.00. The first-order valence-corrected chi connectivity index (χ1v) is 10.00. The van der Waals surface area contributed by atoms with E-state index in [-0.39, 0.29) is 5.82 Å². The fourth-order valence-electron chi connectivity index (χ4n) is 3.84. The monoisotopic (exact) mass is 413 g/mol. The Bertz CT molecular complexity index is 1240. The van der Waals surface area contributed by atoms with Gasteiger partial charge in [0.05, 0.1) is 12.8 Å². The van der Waals surface area contributed by atoms with Gasteiger partial charge >= 0.3 is 0 Å². The van der Waals surface area contributed by atoms with Gasteiger partial charge in [-0.15, -0.1) is 0 Å². The van der Waals surface area contributed by atoms with E-state index in [4.69, 9.17) is 9.25 Å². The van der Waals surface area contributed by atoms with Crippen LogP contribution in [0.4, 0.5) is 4.39 Å². The molecule has 4 aromatic rings. The van der Waals surface area contributed by atoms with E-state index in [2.05, 4.69) is 10.1 Å². The quantitative estimate of drug-likeness (QED) is 0.422. The van der Waals surface area contributed by atoms with Gasteiger partial charge in [0.1, 0.15) is 5.82 Å². The summed E-state index contributed by atoms with van der Waals surface area (Å²) in [5.74, 6) is 0.914. The zero-order chi connectivity index (χ0) is 21.2. The maximum Gasteiger partial charge on any atom is 0.227 e. The van der Waals surface area contributed by atoms with Crippen LogP contribution in [0.2, 0.25) is 0 Å². The average molecular weight is 413 g/mol. The van der Waals surface area contributed by atoms with Crippen LogP contribution in [0.1, 0.15) is 28.7 Å². The topological polar surface area (TPSA) is 50.9 Å². The van der Waals surface area contributed by atoms with Gasteiger partial charge in [0.2, 0.25) is 12.1 Å². The Hall–Kier alpha value is -3.93. The van der Waals surface area contributed by atoms with Crippen molar-refractivity contribution in [2.24, 2.45) is 5.16 Å². The molecule has 3 heterocycles. The molecule has 31 heavy (non-hydrogen) atoms. The van der Waals surface area contributed by atoms with E-state index < -0.39 is 6.23 Å². The maximum atomic E-state index is 14.6. The Balaban J connectivity index is 1.57. The van der Waals surface area contributed by atoms with E-state index in [1.807, 2.05) is 60.4 Å². The van der Waals surface area contributed by atoms with E-state index in [9.17, 15) is 4.39 Å². The van der Waals surface area contributed by atoms with E-state index in [1.54, 1.807) is 30.8 Å². The van der Waals surface area contributed by atoms with Crippen molar-refractivity contribution in [2.75, 3.05) is 0 Å². The highest BCUT2D eigenvalue weighted by Gasteiger charge is 2.35. The lowest BCUT2D eigenvalue weighted by molar-refractivity contribution is 0.00532. The molecule has 5 rings (SSSR count). The van der Waals surface area contributed by atoms with Gasteiger partial charge in [-0.25, -0.2) is 4.39 Å². The summed E-state index contributed by atoms with van der Waals surface area (Å²) in [6.45, 7) is 2.45. The van der Waals surface area contributed by atoms with Gasteiger partial charge in [-0.2, -0.15) is 0 Å². The summed E-state index contributed by atoms with van der Waals surface area (Å²) in [6.07, 6.45) is 4.60. The van der Waals surface area contributed by atoms with Gasteiger partial charge in [-0.1, -0.05) is 47.6 Å². The summed E-state index contributed by atoms with van der Waals surface area (Å²) < 4.78 is 20.2. The van der Waals surface area contributed by atoms with Crippen molar-refractivity contribution in [1.82, 2.24) is 9.88 Å². The summed E-state index contributed by atoms with van der Waals surface area (Å²) in [6, 6.07) is 20.3. The Kier molecular flexibility index (Phi) is 4.96. The molecule has 1 aliphatic rings.